The summed E-state index contributed by atoms with van der Waals surface area (Å²) in [5.41, 5.74) is 3.99. The summed E-state index contributed by atoms with van der Waals surface area (Å²) >= 11 is 0. The van der Waals surface area contributed by atoms with Crippen LogP contribution in [0.4, 0.5) is 0 Å². The number of hydrogen-bond acceptors (Lipinski definition) is 1. The van der Waals surface area contributed by atoms with E-state index in [1.165, 1.54) is 100 Å². The van der Waals surface area contributed by atoms with E-state index in [-0.39, 0.29) is 0 Å². The van der Waals surface area contributed by atoms with E-state index in [4.69, 9.17) is 4.98 Å². The van der Waals surface area contributed by atoms with Gasteiger partial charge in [0, 0.05) is 11.1 Å². The first-order chi connectivity index (χ1) is 14.3. The van der Waals surface area contributed by atoms with Gasteiger partial charge in [-0.2, -0.15) is 0 Å². The fourth-order valence-electron chi connectivity index (χ4n) is 4.06. The number of pyridine rings is 1. The number of allylic oxidation sites excluding steroid dienone is 2. The van der Waals surface area contributed by atoms with Gasteiger partial charge in [-0.1, -0.05) is 75.3 Å². The van der Waals surface area contributed by atoms with Crippen molar-refractivity contribution < 1.29 is 0 Å². The molecule has 2 rings (SSSR count). The Labute approximate surface area is 179 Å². The highest BCUT2D eigenvalue weighted by Crippen LogP contribution is 2.21. The van der Waals surface area contributed by atoms with Crippen LogP contribution < -0.4 is 0 Å². The number of nitrogens with zero attached hydrogens (tertiary/aromatic N) is 1. The average Bonchev–Trinajstić information content (AvgIpc) is 2.75. The number of unbranched alkanes of at least 4 members (excludes halogenated alkanes) is 11. The summed E-state index contributed by atoms with van der Waals surface area (Å²) in [7, 11) is 0. The number of rotatable bonds is 17. The smallest absolute Gasteiger partial charge is 0.0705 e. The maximum Gasteiger partial charge on any atom is 0.0705 e. The van der Waals surface area contributed by atoms with Gasteiger partial charge >= 0.3 is 0 Å². The van der Waals surface area contributed by atoms with Gasteiger partial charge in [0.25, 0.3) is 0 Å². The molecule has 0 fully saturated rings. The largest absolute Gasteiger partial charge is 0.253 e. The molecule has 1 nitrogen and oxygen atoms in total. The summed E-state index contributed by atoms with van der Waals surface area (Å²) in [6.07, 6.45) is 23.2. The Bertz CT molecular complexity index is 715. The topological polar surface area (TPSA) is 12.9 Å². The maximum atomic E-state index is 5.05. The second kappa shape index (κ2) is 15.0. The molecule has 1 heteroatoms. The Hall–Kier alpha value is -1.89. The summed E-state index contributed by atoms with van der Waals surface area (Å²) < 4.78 is 0. The molecule has 0 bridgehead atoms. The van der Waals surface area contributed by atoms with Crippen LogP contribution >= 0.6 is 0 Å². The van der Waals surface area contributed by atoms with Crippen molar-refractivity contribution in [2.75, 3.05) is 0 Å². The fraction of sp³-hybridized carbons (Fsp3) is 0.536. The molecule has 0 aliphatic heterocycles. The zero-order valence-corrected chi connectivity index (χ0v) is 18.5. The fourth-order valence-corrected chi connectivity index (χ4v) is 4.06. The third-order valence-corrected chi connectivity index (χ3v) is 5.82. The van der Waals surface area contributed by atoms with Crippen molar-refractivity contribution >= 4 is 10.9 Å². The number of aromatic nitrogens is 1. The summed E-state index contributed by atoms with van der Waals surface area (Å²) in [6, 6.07) is 11.0. The van der Waals surface area contributed by atoms with Crippen LogP contribution in [0.3, 0.4) is 0 Å². The zero-order valence-electron chi connectivity index (χ0n) is 18.5. The number of aryl methyl sites for hydroxylation is 2. The lowest BCUT2D eigenvalue weighted by Crippen LogP contribution is -2.00. The van der Waals surface area contributed by atoms with E-state index in [1.807, 2.05) is 12.2 Å². The molecular formula is C28H41N. The predicted molar refractivity (Wildman–Crippen MR) is 130 cm³/mol. The average molecular weight is 392 g/mol. The molecule has 0 unspecified atom stereocenters. The number of hydrogen-bond donors (Lipinski definition) is 0. The van der Waals surface area contributed by atoms with E-state index in [0.717, 1.165) is 18.4 Å². The molecule has 158 valence electrons. The van der Waals surface area contributed by atoms with Crippen LogP contribution in [0.15, 0.2) is 55.6 Å². The highest BCUT2D eigenvalue weighted by molar-refractivity contribution is 5.79. The number of fused-ring (bicyclic) bond motifs is 1. The lowest BCUT2D eigenvalue weighted by molar-refractivity contribution is 0.591. The van der Waals surface area contributed by atoms with Crippen molar-refractivity contribution in [3.63, 3.8) is 0 Å². The zero-order chi connectivity index (χ0) is 20.6. The first kappa shape index (κ1) is 23.4. The van der Waals surface area contributed by atoms with E-state index >= 15 is 0 Å². The van der Waals surface area contributed by atoms with Crippen molar-refractivity contribution in [2.24, 2.45) is 0 Å². The Kier molecular flexibility index (Phi) is 12.1. The van der Waals surface area contributed by atoms with Crippen LogP contribution in [0.25, 0.3) is 10.9 Å². The molecule has 0 aliphatic carbocycles. The lowest BCUT2D eigenvalue weighted by atomic mass is 9.98. The molecular weight excluding hydrogens is 350 g/mol. The van der Waals surface area contributed by atoms with Crippen LogP contribution in [-0.2, 0) is 12.8 Å². The Morgan fingerprint density at radius 3 is 1.86 bits per heavy atom. The third-order valence-electron chi connectivity index (χ3n) is 5.82. The highest BCUT2D eigenvalue weighted by Gasteiger charge is 2.07. The Morgan fingerprint density at radius 2 is 1.21 bits per heavy atom. The Morgan fingerprint density at radius 1 is 0.655 bits per heavy atom. The lowest BCUT2D eigenvalue weighted by Gasteiger charge is -2.11. The molecule has 0 saturated heterocycles. The summed E-state index contributed by atoms with van der Waals surface area (Å²) in [6.45, 7) is 7.61. The first-order valence-electron chi connectivity index (χ1n) is 11.9. The molecule has 0 spiro atoms. The standard InChI is InChI=1S/C28H41N/c1-3-5-7-9-11-13-15-17-22-27-25(20-16-14-12-10-8-6-4-2)24-26-21-18-19-23-28(26)29-27/h3-4,18-19,21,23-24H,1-2,5-17,20,22H2. The van der Waals surface area contributed by atoms with Crippen molar-refractivity contribution in [1.29, 1.82) is 0 Å². The number of para-hydroxylation sites is 1. The van der Waals surface area contributed by atoms with E-state index in [1.54, 1.807) is 0 Å². The molecule has 1 aromatic heterocycles. The molecule has 1 heterocycles. The first-order valence-corrected chi connectivity index (χ1v) is 11.9. The van der Waals surface area contributed by atoms with Gasteiger partial charge in [-0.05, 0) is 69.1 Å². The minimum atomic E-state index is 1.13. The minimum Gasteiger partial charge on any atom is -0.253 e. The SMILES string of the molecule is C=CCCCCCCCCc1nc2ccccc2cc1CCCCCCCC=C. The molecule has 0 aliphatic rings. The summed E-state index contributed by atoms with van der Waals surface area (Å²) in [5.74, 6) is 0. The van der Waals surface area contributed by atoms with Gasteiger partial charge in [-0.25, -0.2) is 0 Å². The van der Waals surface area contributed by atoms with E-state index in [2.05, 4.69) is 43.5 Å². The molecule has 0 radical (unpaired) electrons. The molecule has 1 aromatic carbocycles. The van der Waals surface area contributed by atoms with Crippen LogP contribution in [0.1, 0.15) is 94.7 Å². The van der Waals surface area contributed by atoms with Gasteiger partial charge in [-0.3, -0.25) is 4.98 Å². The quantitative estimate of drug-likeness (QED) is 0.194. The summed E-state index contributed by atoms with van der Waals surface area (Å²) in [5, 5.41) is 1.29. The van der Waals surface area contributed by atoms with Gasteiger partial charge in [0.2, 0.25) is 0 Å². The van der Waals surface area contributed by atoms with Crippen LogP contribution in [0.5, 0.6) is 0 Å². The van der Waals surface area contributed by atoms with Gasteiger partial charge in [0.1, 0.15) is 0 Å². The van der Waals surface area contributed by atoms with E-state index in [0.29, 0.717) is 0 Å². The van der Waals surface area contributed by atoms with Crippen LogP contribution in [0, 0.1) is 0 Å². The molecule has 29 heavy (non-hydrogen) atoms. The van der Waals surface area contributed by atoms with Crippen molar-refractivity contribution in [2.45, 2.75) is 96.3 Å². The molecule has 0 N–H and O–H groups in total. The van der Waals surface area contributed by atoms with Gasteiger partial charge < -0.3 is 0 Å². The molecule has 2 aromatic rings. The molecule has 0 atom stereocenters. The molecule has 0 amide bonds. The second-order valence-electron chi connectivity index (χ2n) is 8.33. The van der Waals surface area contributed by atoms with Crippen molar-refractivity contribution in [3.8, 4) is 0 Å². The highest BCUT2D eigenvalue weighted by atomic mass is 14.7. The number of benzene rings is 1. The maximum absolute atomic E-state index is 5.05. The van der Waals surface area contributed by atoms with Crippen LogP contribution in [-0.4, -0.2) is 4.98 Å². The van der Waals surface area contributed by atoms with E-state index < -0.39 is 0 Å². The third kappa shape index (κ3) is 9.43. The normalized spacial score (nSPS) is 11.0. The summed E-state index contributed by atoms with van der Waals surface area (Å²) in [4.78, 5) is 5.05. The predicted octanol–water partition coefficient (Wildman–Crippen LogP) is 8.76. The van der Waals surface area contributed by atoms with Crippen molar-refractivity contribution in [3.05, 3.63) is 66.9 Å². The van der Waals surface area contributed by atoms with Gasteiger partial charge in [-0.15, -0.1) is 13.2 Å². The van der Waals surface area contributed by atoms with Gasteiger partial charge in [0.15, 0.2) is 0 Å². The monoisotopic (exact) mass is 391 g/mol. The van der Waals surface area contributed by atoms with Crippen molar-refractivity contribution in [1.82, 2.24) is 4.98 Å². The minimum absolute atomic E-state index is 1.13. The van der Waals surface area contributed by atoms with Gasteiger partial charge in [0.05, 0.1) is 5.52 Å². The molecule has 0 saturated carbocycles. The van der Waals surface area contributed by atoms with E-state index in [9.17, 15) is 0 Å². The Balaban J connectivity index is 1.82. The second-order valence-corrected chi connectivity index (χ2v) is 8.33. The van der Waals surface area contributed by atoms with Crippen LogP contribution in [0.2, 0.25) is 0 Å².